The number of rotatable bonds is 4. The standard InChI is InChI=1S/C12H25O2Si2/c1-9(16(4,5)14-15(2)3)10-6-7-11-12(8-10)13-11/h9-12H,6-8H2,1-5H3. The number of hydrogen-bond acceptors (Lipinski definition) is 2. The minimum atomic E-state index is -1.48. The van der Waals surface area contributed by atoms with Gasteiger partial charge >= 0.3 is 0 Å². The van der Waals surface area contributed by atoms with Gasteiger partial charge in [-0.25, -0.2) is 0 Å². The Bertz CT molecular complexity index is 255. The fourth-order valence-electron chi connectivity index (χ4n) is 3.08. The minimum Gasteiger partial charge on any atom is -0.456 e. The summed E-state index contributed by atoms with van der Waals surface area (Å²) in [4.78, 5) is 0. The summed E-state index contributed by atoms with van der Waals surface area (Å²) in [6.07, 6.45) is 5.18. The van der Waals surface area contributed by atoms with Gasteiger partial charge in [0.25, 0.3) is 0 Å². The molecule has 2 fully saturated rings. The molecule has 0 spiro atoms. The Morgan fingerprint density at radius 1 is 1.25 bits per heavy atom. The lowest BCUT2D eigenvalue weighted by Gasteiger charge is -2.37. The second-order valence-corrected chi connectivity index (χ2v) is 12.9. The van der Waals surface area contributed by atoms with E-state index in [0.29, 0.717) is 12.2 Å². The van der Waals surface area contributed by atoms with Crippen LogP contribution in [0, 0.1) is 5.92 Å². The van der Waals surface area contributed by atoms with Crippen LogP contribution >= 0.6 is 0 Å². The molecule has 1 saturated heterocycles. The van der Waals surface area contributed by atoms with Gasteiger partial charge in [0.2, 0.25) is 0 Å². The van der Waals surface area contributed by atoms with Crippen LogP contribution in [0.5, 0.6) is 0 Å². The van der Waals surface area contributed by atoms with Crippen molar-refractivity contribution in [3.63, 3.8) is 0 Å². The molecule has 93 valence electrons. The van der Waals surface area contributed by atoms with E-state index in [1.807, 2.05) is 0 Å². The summed E-state index contributed by atoms with van der Waals surface area (Å²) in [7, 11) is -2.02. The van der Waals surface area contributed by atoms with Crippen molar-refractivity contribution in [3.8, 4) is 0 Å². The second kappa shape index (κ2) is 4.55. The third kappa shape index (κ3) is 2.78. The lowest BCUT2D eigenvalue weighted by Crippen LogP contribution is -2.43. The van der Waals surface area contributed by atoms with Gasteiger partial charge in [-0.3, -0.25) is 0 Å². The zero-order valence-electron chi connectivity index (χ0n) is 11.2. The maximum Gasteiger partial charge on any atom is 0.191 e. The van der Waals surface area contributed by atoms with Crippen LogP contribution in [0.2, 0.25) is 31.7 Å². The molecule has 0 bridgehead atoms. The second-order valence-electron chi connectivity index (χ2n) is 6.19. The molecule has 2 aliphatic rings. The molecule has 4 atom stereocenters. The highest BCUT2D eigenvalue weighted by molar-refractivity contribution is 6.78. The molecule has 0 aromatic carbocycles. The summed E-state index contributed by atoms with van der Waals surface area (Å²) >= 11 is 0. The van der Waals surface area contributed by atoms with Crippen molar-refractivity contribution in [2.75, 3.05) is 0 Å². The van der Waals surface area contributed by atoms with E-state index in [4.69, 9.17) is 8.85 Å². The molecule has 1 saturated carbocycles. The fourth-order valence-corrected chi connectivity index (χ4v) is 9.47. The van der Waals surface area contributed by atoms with E-state index in [2.05, 4.69) is 33.1 Å². The zero-order chi connectivity index (χ0) is 11.9. The average molecular weight is 258 g/mol. The fraction of sp³-hybridized carbons (Fsp3) is 1.00. The molecule has 0 N–H and O–H groups in total. The first-order chi connectivity index (χ1) is 7.40. The summed E-state index contributed by atoms with van der Waals surface area (Å²) in [5, 5.41) is 0. The Hall–Kier alpha value is 0.354. The number of epoxide rings is 1. The average Bonchev–Trinajstić information content (AvgIpc) is 2.91. The van der Waals surface area contributed by atoms with Crippen molar-refractivity contribution in [1.82, 2.24) is 0 Å². The summed E-state index contributed by atoms with van der Waals surface area (Å²) < 4.78 is 11.9. The van der Waals surface area contributed by atoms with Crippen LogP contribution in [0.25, 0.3) is 0 Å². The minimum absolute atomic E-state index is 0.546. The predicted molar refractivity (Wildman–Crippen MR) is 71.5 cm³/mol. The number of fused-ring (bicyclic) bond motifs is 1. The van der Waals surface area contributed by atoms with E-state index >= 15 is 0 Å². The molecule has 16 heavy (non-hydrogen) atoms. The molecule has 4 heteroatoms. The van der Waals surface area contributed by atoms with E-state index in [9.17, 15) is 0 Å². The van der Waals surface area contributed by atoms with Crippen LogP contribution in [0.1, 0.15) is 26.2 Å². The van der Waals surface area contributed by atoms with Crippen molar-refractivity contribution >= 4 is 17.4 Å². The molecular weight excluding hydrogens is 232 g/mol. The van der Waals surface area contributed by atoms with Gasteiger partial charge in [-0.2, -0.15) is 0 Å². The number of ether oxygens (including phenoxy) is 1. The Kier molecular flexibility index (Phi) is 3.64. The van der Waals surface area contributed by atoms with Gasteiger partial charge in [-0.1, -0.05) is 6.92 Å². The predicted octanol–water partition coefficient (Wildman–Crippen LogP) is 3.42. The van der Waals surface area contributed by atoms with Gasteiger partial charge in [-0.15, -0.1) is 0 Å². The molecule has 1 aliphatic heterocycles. The Labute approximate surface area is 103 Å². The van der Waals surface area contributed by atoms with Crippen molar-refractivity contribution in [3.05, 3.63) is 0 Å². The molecule has 0 aromatic rings. The highest BCUT2D eigenvalue weighted by Gasteiger charge is 2.47. The Morgan fingerprint density at radius 3 is 2.50 bits per heavy atom. The van der Waals surface area contributed by atoms with Crippen LogP contribution in [-0.4, -0.2) is 29.6 Å². The molecule has 0 aromatic heterocycles. The monoisotopic (exact) mass is 257 g/mol. The Morgan fingerprint density at radius 2 is 1.94 bits per heavy atom. The van der Waals surface area contributed by atoms with E-state index in [0.717, 1.165) is 11.5 Å². The quantitative estimate of drug-likeness (QED) is 0.568. The van der Waals surface area contributed by atoms with Crippen LogP contribution < -0.4 is 0 Å². The molecule has 1 radical (unpaired) electrons. The van der Waals surface area contributed by atoms with Crippen LogP contribution in [0.4, 0.5) is 0 Å². The first-order valence-corrected chi connectivity index (χ1v) is 11.9. The van der Waals surface area contributed by atoms with Gasteiger partial charge in [0.15, 0.2) is 17.4 Å². The molecule has 4 unspecified atom stereocenters. The summed E-state index contributed by atoms with van der Waals surface area (Å²) in [5.41, 5.74) is 0.776. The topological polar surface area (TPSA) is 21.8 Å². The van der Waals surface area contributed by atoms with Gasteiger partial charge in [-0.05, 0) is 56.9 Å². The number of hydrogen-bond donors (Lipinski definition) is 0. The third-order valence-electron chi connectivity index (χ3n) is 4.32. The van der Waals surface area contributed by atoms with Gasteiger partial charge < -0.3 is 8.85 Å². The van der Waals surface area contributed by atoms with Crippen LogP contribution in [0.3, 0.4) is 0 Å². The van der Waals surface area contributed by atoms with E-state index < -0.39 is 17.4 Å². The normalized spacial score (nSPS) is 36.0. The molecule has 1 heterocycles. The van der Waals surface area contributed by atoms with Crippen molar-refractivity contribution in [1.29, 1.82) is 0 Å². The SMILES string of the molecule is CC(C1CCC2OC2C1)[Si](C)(C)O[Si](C)C. The molecule has 0 amide bonds. The van der Waals surface area contributed by atoms with Crippen molar-refractivity contribution in [2.24, 2.45) is 5.92 Å². The summed E-state index contributed by atoms with van der Waals surface area (Å²) in [6.45, 7) is 11.7. The van der Waals surface area contributed by atoms with Crippen molar-refractivity contribution < 1.29 is 8.85 Å². The van der Waals surface area contributed by atoms with Crippen molar-refractivity contribution in [2.45, 2.75) is 70.1 Å². The van der Waals surface area contributed by atoms with Crippen LogP contribution in [0.15, 0.2) is 0 Å². The Balaban J connectivity index is 1.91. The van der Waals surface area contributed by atoms with Gasteiger partial charge in [0.05, 0.1) is 12.2 Å². The maximum absolute atomic E-state index is 6.30. The first-order valence-electron chi connectivity index (χ1n) is 6.55. The largest absolute Gasteiger partial charge is 0.456 e. The summed E-state index contributed by atoms with van der Waals surface area (Å²) in [5.74, 6) is 0.853. The maximum atomic E-state index is 6.30. The molecule has 2 nitrogen and oxygen atoms in total. The molecule has 2 rings (SSSR count). The van der Waals surface area contributed by atoms with E-state index in [1.54, 1.807) is 0 Å². The highest BCUT2D eigenvalue weighted by Crippen LogP contribution is 2.46. The van der Waals surface area contributed by atoms with E-state index in [1.165, 1.54) is 19.3 Å². The lowest BCUT2D eigenvalue weighted by atomic mass is 9.87. The highest BCUT2D eigenvalue weighted by atomic mass is 28.4. The zero-order valence-corrected chi connectivity index (χ0v) is 13.2. The molecular formula is C12H25O2Si2. The third-order valence-corrected chi connectivity index (χ3v) is 10.7. The smallest absolute Gasteiger partial charge is 0.191 e. The van der Waals surface area contributed by atoms with Gasteiger partial charge in [0, 0.05) is 0 Å². The lowest BCUT2D eigenvalue weighted by molar-refractivity contribution is 0.345. The van der Waals surface area contributed by atoms with Crippen LogP contribution in [-0.2, 0) is 8.85 Å². The summed E-state index contributed by atoms with van der Waals surface area (Å²) in [6, 6.07) is 0. The first kappa shape index (κ1) is 12.8. The van der Waals surface area contributed by atoms with Gasteiger partial charge in [0.1, 0.15) is 0 Å². The molecule has 1 aliphatic carbocycles. The van der Waals surface area contributed by atoms with E-state index in [-0.39, 0.29) is 0 Å².